The zero-order valence-corrected chi connectivity index (χ0v) is 11.0. The van der Waals surface area contributed by atoms with Crippen LogP contribution in [0.4, 0.5) is 4.79 Å². The smallest absolute Gasteiger partial charge is 0.407 e. The maximum absolute atomic E-state index is 11.4. The van der Waals surface area contributed by atoms with E-state index in [0.717, 1.165) is 12.2 Å². The SMILES string of the molecule is O=C(/C=C/C(=O)Oc1ccccc1)OCC1COC(=O)N1. The van der Waals surface area contributed by atoms with Crippen molar-refractivity contribution in [2.45, 2.75) is 6.04 Å². The Balaban J connectivity index is 1.71. The molecule has 0 aromatic heterocycles. The van der Waals surface area contributed by atoms with Crippen LogP contribution in [0.2, 0.25) is 0 Å². The molecule has 0 saturated carbocycles. The summed E-state index contributed by atoms with van der Waals surface area (Å²) in [6, 6.07) is 8.10. The Bertz CT molecular complexity index is 554. The molecule has 1 aromatic carbocycles. The van der Waals surface area contributed by atoms with E-state index in [-0.39, 0.29) is 19.3 Å². The van der Waals surface area contributed by atoms with Crippen LogP contribution in [0, 0.1) is 0 Å². The number of nitrogens with one attached hydrogen (secondary N) is 1. The van der Waals surface area contributed by atoms with Gasteiger partial charge in [0, 0.05) is 12.2 Å². The van der Waals surface area contributed by atoms with Crippen LogP contribution in [0.15, 0.2) is 42.5 Å². The summed E-state index contributed by atoms with van der Waals surface area (Å²) in [6.07, 6.45) is 1.39. The highest BCUT2D eigenvalue weighted by atomic mass is 16.6. The second-order valence-electron chi connectivity index (χ2n) is 4.14. The molecule has 2 rings (SSSR count). The number of rotatable bonds is 5. The van der Waals surface area contributed by atoms with Crippen molar-refractivity contribution in [1.29, 1.82) is 0 Å². The summed E-state index contributed by atoms with van der Waals surface area (Å²) in [4.78, 5) is 33.5. The van der Waals surface area contributed by atoms with E-state index >= 15 is 0 Å². The third-order valence-corrected chi connectivity index (χ3v) is 2.48. The summed E-state index contributed by atoms with van der Waals surface area (Å²) >= 11 is 0. The average molecular weight is 291 g/mol. The maximum Gasteiger partial charge on any atom is 0.407 e. The fourth-order valence-corrected chi connectivity index (χ4v) is 1.52. The van der Waals surface area contributed by atoms with Crippen LogP contribution in [0.25, 0.3) is 0 Å². The van der Waals surface area contributed by atoms with Gasteiger partial charge in [-0.05, 0) is 12.1 Å². The van der Waals surface area contributed by atoms with Gasteiger partial charge in [0.2, 0.25) is 0 Å². The molecule has 1 N–H and O–H groups in total. The number of amides is 1. The van der Waals surface area contributed by atoms with E-state index in [1.54, 1.807) is 30.3 Å². The first kappa shape index (κ1) is 14.6. The Hall–Kier alpha value is -2.83. The molecule has 0 spiro atoms. The Morgan fingerprint density at radius 1 is 1.24 bits per heavy atom. The quantitative estimate of drug-likeness (QED) is 0.490. The summed E-state index contributed by atoms with van der Waals surface area (Å²) in [5.41, 5.74) is 0. The number of cyclic esters (lactones) is 1. The number of benzene rings is 1. The van der Waals surface area contributed by atoms with Crippen LogP contribution in [0.1, 0.15) is 0 Å². The van der Waals surface area contributed by atoms with Crippen LogP contribution >= 0.6 is 0 Å². The lowest BCUT2D eigenvalue weighted by Gasteiger charge is -2.06. The molecule has 1 aliphatic rings. The summed E-state index contributed by atoms with van der Waals surface area (Å²) in [6.45, 7) is 0.120. The maximum atomic E-state index is 11.4. The van der Waals surface area contributed by atoms with Crippen molar-refractivity contribution < 1.29 is 28.6 Å². The molecule has 0 radical (unpaired) electrons. The summed E-state index contributed by atoms with van der Waals surface area (Å²) in [5.74, 6) is -1.01. The molecule has 21 heavy (non-hydrogen) atoms. The molecule has 7 heteroatoms. The predicted molar refractivity (Wildman–Crippen MR) is 70.4 cm³/mol. The Morgan fingerprint density at radius 3 is 2.62 bits per heavy atom. The van der Waals surface area contributed by atoms with Crippen LogP contribution in [0.3, 0.4) is 0 Å². The third-order valence-electron chi connectivity index (χ3n) is 2.48. The van der Waals surface area contributed by atoms with E-state index in [1.807, 2.05) is 0 Å². The molecule has 1 saturated heterocycles. The van der Waals surface area contributed by atoms with Crippen LogP contribution in [0.5, 0.6) is 5.75 Å². The first-order valence-corrected chi connectivity index (χ1v) is 6.18. The van der Waals surface area contributed by atoms with Crippen molar-refractivity contribution >= 4 is 18.0 Å². The number of hydrogen-bond donors (Lipinski definition) is 1. The Kier molecular flexibility index (Phi) is 4.92. The van der Waals surface area contributed by atoms with Gasteiger partial charge in [0.1, 0.15) is 25.0 Å². The summed E-state index contributed by atoms with van der Waals surface area (Å²) in [5, 5.41) is 2.45. The highest BCUT2D eigenvalue weighted by Crippen LogP contribution is 2.08. The second-order valence-corrected chi connectivity index (χ2v) is 4.14. The van der Waals surface area contributed by atoms with Crippen molar-refractivity contribution in [2.75, 3.05) is 13.2 Å². The lowest BCUT2D eigenvalue weighted by molar-refractivity contribution is -0.139. The monoisotopic (exact) mass is 291 g/mol. The van der Waals surface area contributed by atoms with E-state index in [9.17, 15) is 14.4 Å². The second kappa shape index (κ2) is 7.09. The van der Waals surface area contributed by atoms with E-state index in [2.05, 4.69) is 10.1 Å². The molecular formula is C14H13NO6. The van der Waals surface area contributed by atoms with Crippen LogP contribution in [-0.2, 0) is 19.1 Å². The molecule has 1 unspecified atom stereocenters. The van der Waals surface area contributed by atoms with Crippen LogP contribution in [-0.4, -0.2) is 37.3 Å². The number of carbonyl (C=O) groups is 3. The fourth-order valence-electron chi connectivity index (χ4n) is 1.52. The van der Waals surface area contributed by atoms with Crippen molar-refractivity contribution in [3.8, 4) is 5.75 Å². The van der Waals surface area contributed by atoms with Gasteiger partial charge < -0.3 is 19.5 Å². The number of carbonyl (C=O) groups excluding carboxylic acids is 3. The number of ether oxygens (including phenoxy) is 3. The largest absolute Gasteiger partial charge is 0.460 e. The molecule has 0 aliphatic carbocycles. The molecule has 1 aromatic rings. The number of alkyl carbamates (subject to hydrolysis) is 1. The van der Waals surface area contributed by atoms with Gasteiger partial charge in [-0.2, -0.15) is 0 Å². The van der Waals surface area contributed by atoms with E-state index in [4.69, 9.17) is 9.47 Å². The molecular weight excluding hydrogens is 278 g/mol. The average Bonchev–Trinajstić information content (AvgIpc) is 2.90. The first-order valence-electron chi connectivity index (χ1n) is 6.18. The van der Waals surface area contributed by atoms with Gasteiger partial charge in [-0.1, -0.05) is 18.2 Å². The van der Waals surface area contributed by atoms with Crippen molar-refractivity contribution in [3.05, 3.63) is 42.5 Å². The van der Waals surface area contributed by atoms with Crippen LogP contribution < -0.4 is 10.1 Å². The molecule has 110 valence electrons. The normalized spacial score (nSPS) is 17.1. The summed E-state index contributed by atoms with van der Waals surface area (Å²) < 4.78 is 14.4. The Morgan fingerprint density at radius 2 is 1.95 bits per heavy atom. The molecule has 1 atom stereocenters. The van der Waals surface area contributed by atoms with Crippen molar-refractivity contribution in [1.82, 2.24) is 5.32 Å². The lowest BCUT2D eigenvalue weighted by Crippen LogP contribution is -2.31. The third kappa shape index (κ3) is 4.98. The Labute approximate surface area is 120 Å². The zero-order valence-electron chi connectivity index (χ0n) is 11.0. The van der Waals surface area contributed by atoms with E-state index in [1.165, 1.54) is 0 Å². The highest BCUT2D eigenvalue weighted by Gasteiger charge is 2.23. The van der Waals surface area contributed by atoms with Crippen molar-refractivity contribution in [3.63, 3.8) is 0 Å². The topological polar surface area (TPSA) is 90.9 Å². The molecule has 1 heterocycles. The number of hydrogen-bond acceptors (Lipinski definition) is 6. The lowest BCUT2D eigenvalue weighted by atomic mass is 10.3. The first-order chi connectivity index (χ1) is 10.1. The highest BCUT2D eigenvalue weighted by molar-refractivity contribution is 5.92. The van der Waals surface area contributed by atoms with Gasteiger partial charge in [0.25, 0.3) is 0 Å². The van der Waals surface area contributed by atoms with Gasteiger partial charge in [-0.3, -0.25) is 0 Å². The fraction of sp³-hybridized carbons (Fsp3) is 0.214. The zero-order chi connectivity index (χ0) is 15.1. The van der Waals surface area contributed by atoms with E-state index in [0.29, 0.717) is 5.75 Å². The van der Waals surface area contributed by atoms with Gasteiger partial charge >= 0.3 is 18.0 Å². The minimum atomic E-state index is -0.707. The van der Waals surface area contributed by atoms with Gasteiger partial charge in [-0.25, -0.2) is 14.4 Å². The van der Waals surface area contributed by atoms with Crippen molar-refractivity contribution in [2.24, 2.45) is 0 Å². The standard InChI is InChI=1S/C14H13NO6/c16-12(19-8-10-9-20-14(18)15-10)6-7-13(17)21-11-4-2-1-3-5-11/h1-7,10H,8-9H2,(H,15,18)/b7-6+. The molecule has 7 nitrogen and oxygen atoms in total. The molecule has 1 amide bonds. The van der Waals surface area contributed by atoms with Gasteiger partial charge in [0.05, 0.1) is 0 Å². The number of para-hydroxylation sites is 1. The molecule has 0 bridgehead atoms. The molecule has 1 aliphatic heterocycles. The number of esters is 2. The van der Waals surface area contributed by atoms with Gasteiger partial charge in [-0.15, -0.1) is 0 Å². The summed E-state index contributed by atoms with van der Waals surface area (Å²) in [7, 11) is 0. The molecule has 1 fully saturated rings. The minimum Gasteiger partial charge on any atom is -0.460 e. The van der Waals surface area contributed by atoms with Gasteiger partial charge in [0.15, 0.2) is 0 Å². The van der Waals surface area contributed by atoms with E-state index < -0.39 is 18.0 Å². The minimum absolute atomic E-state index is 0.0252. The predicted octanol–water partition coefficient (Wildman–Crippen LogP) is 0.800.